The van der Waals surface area contributed by atoms with Crippen LogP contribution in [-0.4, -0.2) is 22.9 Å². The van der Waals surface area contributed by atoms with Crippen molar-refractivity contribution in [2.75, 3.05) is 11.6 Å². The number of carbonyl (C=O) groups excluding carboxylic acids is 1. The summed E-state index contributed by atoms with van der Waals surface area (Å²) in [6.07, 6.45) is 7.63. The number of nitrogens with one attached hydrogen (secondary N) is 1. The molecule has 1 aromatic rings. The van der Waals surface area contributed by atoms with Gasteiger partial charge in [-0.1, -0.05) is 0 Å². The molecule has 4 aliphatic rings. The van der Waals surface area contributed by atoms with Gasteiger partial charge in [-0.2, -0.15) is 0 Å². The van der Waals surface area contributed by atoms with Gasteiger partial charge in [-0.15, -0.1) is 11.8 Å². The van der Waals surface area contributed by atoms with Crippen LogP contribution < -0.4 is 5.32 Å². The van der Waals surface area contributed by atoms with Gasteiger partial charge in [0.15, 0.2) is 0 Å². The minimum Gasteiger partial charge on any atom is -0.390 e. The van der Waals surface area contributed by atoms with E-state index in [9.17, 15) is 9.90 Å². The van der Waals surface area contributed by atoms with Crippen LogP contribution in [0, 0.1) is 17.3 Å². The fourth-order valence-electron chi connectivity index (χ4n) is 5.42. The first-order chi connectivity index (χ1) is 10.5. The van der Waals surface area contributed by atoms with Crippen molar-refractivity contribution in [2.45, 2.75) is 49.0 Å². The number of aliphatic hydroxyl groups is 1. The molecule has 0 spiro atoms. The second kappa shape index (κ2) is 5.00. The van der Waals surface area contributed by atoms with Crippen molar-refractivity contribution >= 4 is 23.4 Å². The van der Waals surface area contributed by atoms with E-state index in [0.29, 0.717) is 18.3 Å². The molecule has 0 radical (unpaired) electrons. The molecule has 4 heteroatoms. The summed E-state index contributed by atoms with van der Waals surface area (Å²) in [5.41, 5.74) is -0.0493. The van der Waals surface area contributed by atoms with Crippen LogP contribution in [0.4, 0.5) is 5.69 Å². The van der Waals surface area contributed by atoms with Crippen molar-refractivity contribution in [1.82, 2.24) is 0 Å². The molecular weight excluding hydrogens is 294 g/mol. The standard InChI is InChI=1S/C18H23NO2S/c1-22-15-4-2-14(3-5-15)19-16(20)17-7-12-6-13(8-17)10-18(21,9-12)11-17/h2-5,12-13,21H,6-11H2,1H3,(H,19,20)/t12-,13-,17?,18?/m1/s1. The van der Waals surface area contributed by atoms with E-state index < -0.39 is 5.60 Å². The lowest BCUT2D eigenvalue weighted by molar-refractivity contribution is -0.174. The van der Waals surface area contributed by atoms with Crippen LogP contribution in [0.2, 0.25) is 0 Å². The number of hydrogen-bond acceptors (Lipinski definition) is 3. The molecule has 4 aliphatic carbocycles. The number of amides is 1. The van der Waals surface area contributed by atoms with E-state index in [4.69, 9.17) is 0 Å². The SMILES string of the molecule is CSc1ccc(NC(=O)C23C[C@H]4C[C@@H](CC(O)(C4)C2)C3)cc1. The predicted octanol–water partition coefficient (Wildman–Crippen LogP) is 3.68. The fraction of sp³-hybridized carbons (Fsp3) is 0.611. The second-order valence-electron chi connectivity index (χ2n) is 7.65. The smallest absolute Gasteiger partial charge is 0.230 e. The number of benzene rings is 1. The summed E-state index contributed by atoms with van der Waals surface area (Å²) >= 11 is 1.70. The molecule has 0 aliphatic heterocycles. The maximum atomic E-state index is 12.9. The molecule has 1 aromatic carbocycles. The number of hydrogen-bond donors (Lipinski definition) is 2. The molecule has 4 fully saturated rings. The van der Waals surface area contributed by atoms with Gasteiger partial charge in [0.1, 0.15) is 0 Å². The molecule has 2 N–H and O–H groups in total. The Labute approximate surface area is 135 Å². The largest absolute Gasteiger partial charge is 0.390 e. The van der Waals surface area contributed by atoms with Gasteiger partial charge in [0.2, 0.25) is 5.91 Å². The van der Waals surface area contributed by atoms with E-state index in [1.807, 2.05) is 30.5 Å². The lowest BCUT2D eigenvalue weighted by atomic mass is 9.47. The summed E-state index contributed by atoms with van der Waals surface area (Å²) in [7, 11) is 0. The Morgan fingerprint density at radius 3 is 2.36 bits per heavy atom. The zero-order valence-corrected chi connectivity index (χ0v) is 13.8. The van der Waals surface area contributed by atoms with E-state index in [2.05, 4.69) is 5.32 Å². The van der Waals surface area contributed by atoms with Gasteiger partial charge in [0.05, 0.1) is 11.0 Å². The van der Waals surface area contributed by atoms with E-state index in [1.54, 1.807) is 11.8 Å². The van der Waals surface area contributed by atoms with Crippen LogP contribution in [0.3, 0.4) is 0 Å². The lowest BCUT2D eigenvalue weighted by Gasteiger charge is -2.59. The molecule has 0 unspecified atom stereocenters. The van der Waals surface area contributed by atoms with Crippen LogP contribution in [0.1, 0.15) is 38.5 Å². The Hall–Kier alpha value is -1.00. The first-order valence-electron chi connectivity index (χ1n) is 8.18. The highest BCUT2D eigenvalue weighted by Gasteiger charge is 2.60. The van der Waals surface area contributed by atoms with Crippen molar-refractivity contribution in [2.24, 2.45) is 17.3 Å². The summed E-state index contributed by atoms with van der Waals surface area (Å²) < 4.78 is 0. The normalized spacial score (nSPS) is 39.0. The number of carbonyl (C=O) groups is 1. The van der Waals surface area contributed by atoms with Gasteiger partial charge >= 0.3 is 0 Å². The van der Waals surface area contributed by atoms with Crippen molar-refractivity contribution < 1.29 is 9.90 Å². The van der Waals surface area contributed by atoms with Crippen LogP contribution in [-0.2, 0) is 4.79 Å². The highest BCUT2D eigenvalue weighted by Crippen LogP contribution is 2.61. The summed E-state index contributed by atoms with van der Waals surface area (Å²) in [6, 6.07) is 8.01. The molecule has 5 rings (SSSR count). The maximum Gasteiger partial charge on any atom is 0.230 e. The molecule has 1 amide bonds. The van der Waals surface area contributed by atoms with Crippen LogP contribution >= 0.6 is 11.8 Å². The Bertz CT molecular complexity index is 584. The quantitative estimate of drug-likeness (QED) is 0.836. The fourth-order valence-corrected chi connectivity index (χ4v) is 5.83. The zero-order valence-electron chi connectivity index (χ0n) is 13.0. The third-order valence-corrected chi connectivity index (χ3v) is 6.60. The topological polar surface area (TPSA) is 49.3 Å². The van der Waals surface area contributed by atoms with Crippen molar-refractivity contribution in [3.8, 4) is 0 Å². The molecule has 22 heavy (non-hydrogen) atoms. The summed E-state index contributed by atoms with van der Waals surface area (Å²) in [4.78, 5) is 14.1. The highest BCUT2D eigenvalue weighted by atomic mass is 32.2. The summed E-state index contributed by atoms with van der Waals surface area (Å²) in [6.45, 7) is 0. The van der Waals surface area contributed by atoms with Gasteiger partial charge in [-0.25, -0.2) is 0 Å². The second-order valence-corrected chi connectivity index (χ2v) is 8.53. The van der Waals surface area contributed by atoms with Gasteiger partial charge in [-0.3, -0.25) is 4.79 Å². The molecule has 0 heterocycles. The minimum absolute atomic E-state index is 0.122. The lowest BCUT2D eigenvalue weighted by Crippen LogP contribution is -2.59. The number of rotatable bonds is 3. The Morgan fingerprint density at radius 1 is 1.18 bits per heavy atom. The zero-order chi connectivity index (χ0) is 15.4. The first-order valence-corrected chi connectivity index (χ1v) is 9.41. The third-order valence-electron chi connectivity index (χ3n) is 5.86. The molecule has 3 nitrogen and oxygen atoms in total. The maximum absolute atomic E-state index is 12.9. The van der Waals surface area contributed by atoms with E-state index >= 15 is 0 Å². The molecule has 0 aromatic heterocycles. The van der Waals surface area contributed by atoms with Gasteiger partial charge in [0.25, 0.3) is 0 Å². The summed E-state index contributed by atoms with van der Waals surface area (Å²) in [5, 5.41) is 13.9. The van der Waals surface area contributed by atoms with Gasteiger partial charge in [-0.05, 0) is 80.9 Å². The average molecular weight is 317 g/mol. The molecular formula is C18H23NO2S. The van der Waals surface area contributed by atoms with Crippen LogP contribution in [0.5, 0.6) is 0 Å². The Morgan fingerprint density at radius 2 is 1.82 bits per heavy atom. The number of anilines is 1. The van der Waals surface area contributed by atoms with Crippen molar-refractivity contribution in [3.63, 3.8) is 0 Å². The van der Waals surface area contributed by atoms with Gasteiger partial charge in [0, 0.05) is 10.6 Å². The Balaban J connectivity index is 1.54. The van der Waals surface area contributed by atoms with E-state index in [-0.39, 0.29) is 11.3 Å². The van der Waals surface area contributed by atoms with Crippen molar-refractivity contribution in [3.05, 3.63) is 24.3 Å². The van der Waals surface area contributed by atoms with E-state index in [1.165, 1.54) is 11.3 Å². The molecule has 4 bridgehead atoms. The first kappa shape index (κ1) is 14.6. The molecule has 0 saturated heterocycles. The summed E-state index contributed by atoms with van der Waals surface area (Å²) in [5.74, 6) is 1.20. The molecule has 118 valence electrons. The third kappa shape index (κ3) is 2.37. The molecule has 4 saturated carbocycles. The highest BCUT2D eigenvalue weighted by molar-refractivity contribution is 7.98. The van der Waals surface area contributed by atoms with Crippen LogP contribution in [0.15, 0.2) is 29.2 Å². The Kier molecular flexibility index (Phi) is 3.31. The average Bonchev–Trinajstić information content (AvgIpc) is 2.45. The van der Waals surface area contributed by atoms with Gasteiger partial charge < -0.3 is 10.4 Å². The van der Waals surface area contributed by atoms with Crippen molar-refractivity contribution in [1.29, 1.82) is 0 Å². The minimum atomic E-state index is -0.579. The number of thioether (sulfide) groups is 1. The monoisotopic (exact) mass is 317 g/mol. The van der Waals surface area contributed by atoms with Crippen LogP contribution in [0.25, 0.3) is 0 Å². The predicted molar refractivity (Wildman–Crippen MR) is 88.9 cm³/mol. The van der Waals surface area contributed by atoms with E-state index in [0.717, 1.165) is 31.4 Å². The molecule has 2 atom stereocenters.